The topological polar surface area (TPSA) is 58.1 Å². The Morgan fingerprint density at radius 2 is 2.17 bits per heavy atom. The van der Waals surface area contributed by atoms with Crippen LogP contribution in [0.15, 0.2) is 12.4 Å². The van der Waals surface area contributed by atoms with Crippen LogP contribution in [0.4, 0.5) is 0 Å². The standard InChI is InChI=1S/C11H15ClN4OS/c12-10-8-14-9(7-15-10)11(17)13-1-2-16-3-5-18-6-4-16/h7-8H,1-6H2,(H,13,17). The second kappa shape index (κ2) is 6.92. The molecule has 1 amide bonds. The van der Waals surface area contributed by atoms with Crippen LogP contribution in [0.2, 0.25) is 5.15 Å². The third-order valence-corrected chi connectivity index (χ3v) is 3.81. The van der Waals surface area contributed by atoms with Gasteiger partial charge in [0.25, 0.3) is 5.91 Å². The average molecular weight is 287 g/mol. The predicted molar refractivity (Wildman–Crippen MR) is 73.1 cm³/mol. The summed E-state index contributed by atoms with van der Waals surface area (Å²) in [6.07, 6.45) is 2.76. The van der Waals surface area contributed by atoms with Crippen molar-refractivity contribution in [3.8, 4) is 0 Å². The molecule has 5 nitrogen and oxygen atoms in total. The first-order chi connectivity index (χ1) is 8.75. The van der Waals surface area contributed by atoms with Gasteiger partial charge in [0.15, 0.2) is 0 Å². The lowest BCUT2D eigenvalue weighted by Gasteiger charge is -2.25. The Balaban J connectivity index is 1.72. The van der Waals surface area contributed by atoms with E-state index in [1.807, 2.05) is 11.8 Å². The zero-order valence-corrected chi connectivity index (χ0v) is 11.5. The Morgan fingerprint density at radius 3 is 2.83 bits per heavy atom. The maximum Gasteiger partial charge on any atom is 0.271 e. The smallest absolute Gasteiger partial charge is 0.271 e. The van der Waals surface area contributed by atoms with E-state index in [-0.39, 0.29) is 11.1 Å². The number of hydrogen-bond acceptors (Lipinski definition) is 5. The van der Waals surface area contributed by atoms with Gasteiger partial charge in [0.1, 0.15) is 10.8 Å². The zero-order valence-electron chi connectivity index (χ0n) is 9.93. The zero-order chi connectivity index (χ0) is 12.8. The van der Waals surface area contributed by atoms with Gasteiger partial charge in [-0.1, -0.05) is 11.6 Å². The molecule has 0 atom stereocenters. The highest BCUT2D eigenvalue weighted by atomic mass is 35.5. The molecule has 0 aromatic carbocycles. The Kier molecular flexibility index (Phi) is 5.22. The molecule has 1 aromatic rings. The van der Waals surface area contributed by atoms with E-state index in [0.717, 1.165) is 19.6 Å². The summed E-state index contributed by atoms with van der Waals surface area (Å²) in [6.45, 7) is 3.71. The molecule has 1 aromatic heterocycles. The van der Waals surface area contributed by atoms with E-state index in [4.69, 9.17) is 11.6 Å². The van der Waals surface area contributed by atoms with E-state index in [1.165, 1.54) is 23.9 Å². The normalized spacial score (nSPS) is 16.5. The Labute approximate surface area is 115 Å². The van der Waals surface area contributed by atoms with E-state index in [9.17, 15) is 4.79 Å². The van der Waals surface area contributed by atoms with Gasteiger partial charge in [0.2, 0.25) is 0 Å². The van der Waals surface area contributed by atoms with Gasteiger partial charge < -0.3 is 5.32 Å². The van der Waals surface area contributed by atoms with Crippen molar-refractivity contribution >= 4 is 29.3 Å². The number of carbonyl (C=O) groups is 1. The number of nitrogens with zero attached hydrogens (tertiary/aromatic N) is 3. The van der Waals surface area contributed by atoms with Gasteiger partial charge in [-0.3, -0.25) is 9.69 Å². The summed E-state index contributed by atoms with van der Waals surface area (Å²) in [5, 5.41) is 3.12. The van der Waals surface area contributed by atoms with E-state index in [1.54, 1.807) is 0 Å². The van der Waals surface area contributed by atoms with Gasteiger partial charge in [-0.05, 0) is 0 Å². The Hall–Kier alpha value is -0.850. The largest absolute Gasteiger partial charge is 0.349 e. The van der Waals surface area contributed by atoms with Crippen LogP contribution in [0.3, 0.4) is 0 Å². The number of halogens is 1. The molecule has 2 rings (SSSR count). The maximum atomic E-state index is 11.7. The molecule has 0 unspecified atom stereocenters. The van der Waals surface area contributed by atoms with Crippen LogP contribution in [-0.4, -0.2) is 58.5 Å². The minimum Gasteiger partial charge on any atom is -0.349 e. The highest BCUT2D eigenvalue weighted by Crippen LogP contribution is 2.08. The second-order valence-electron chi connectivity index (χ2n) is 3.93. The predicted octanol–water partition coefficient (Wildman–Crippen LogP) is 0.909. The average Bonchev–Trinajstić information content (AvgIpc) is 2.40. The molecule has 98 valence electrons. The summed E-state index contributed by atoms with van der Waals surface area (Å²) in [4.78, 5) is 21.8. The van der Waals surface area contributed by atoms with Crippen LogP contribution in [-0.2, 0) is 0 Å². The van der Waals surface area contributed by atoms with Gasteiger partial charge in [0.05, 0.1) is 12.4 Å². The molecular weight excluding hydrogens is 272 g/mol. The molecule has 0 saturated carbocycles. The van der Waals surface area contributed by atoms with Crippen molar-refractivity contribution in [2.24, 2.45) is 0 Å². The minimum atomic E-state index is -0.203. The molecule has 1 fully saturated rings. The lowest BCUT2D eigenvalue weighted by atomic mass is 10.4. The van der Waals surface area contributed by atoms with Crippen molar-refractivity contribution in [1.29, 1.82) is 0 Å². The third kappa shape index (κ3) is 4.12. The highest BCUT2D eigenvalue weighted by Gasteiger charge is 2.11. The van der Waals surface area contributed by atoms with Crippen LogP contribution in [0.25, 0.3) is 0 Å². The van der Waals surface area contributed by atoms with Crippen LogP contribution >= 0.6 is 23.4 Å². The molecule has 0 spiro atoms. The molecule has 1 aliphatic heterocycles. The first-order valence-corrected chi connectivity index (χ1v) is 7.35. The highest BCUT2D eigenvalue weighted by molar-refractivity contribution is 7.99. The van der Waals surface area contributed by atoms with Gasteiger partial charge in [-0.2, -0.15) is 11.8 Å². The first-order valence-electron chi connectivity index (χ1n) is 5.81. The number of thioether (sulfide) groups is 1. The summed E-state index contributed by atoms with van der Waals surface area (Å²) in [5.74, 6) is 2.15. The van der Waals surface area contributed by atoms with Crippen LogP contribution in [0.5, 0.6) is 0 Å². The van der Waals surface area contributed by atoms with Gasteiger partial charge in [-0.15, -0.1) is 0 Å². The summed E-state index contributed by atoms with van der Waals surface area (Å²) in [6, 6.07) is 0. The van der Waals surface area contributed by atoms with Crippen molar-refractivity contribution in [2.75, 3.05) is 37.7 Å². The molecule has 0 bridgehead atoms. The van der Waals surface area contributed by atoms with Crippen molar-refractivity contribution in [1.82, 2.24) is 20.2 Å². The Morgan fingerprint density at radius 1 is 1.39 bits per heavy atom. The fourth-order valence-corrected chi connectivity index (χ4v) is 2.75. The second-order valence-corrected chi connectivity index (χ2v) is 5.55. The molecule has 7 heteroatoms. The van der Waals surface area contributed by atoms with Gasteiger partial charge in [0, 0.05) is 37.7 Å². The molecular formula is C11H15ClN4OS. The summed E-state index contributed by atoms with van der Waals surface area (Å²) >= 11 is 7.59. The molecule has 2 heterocycles. The van der Waals surface area contributed by atoms with E-state index < -0.39 is 0 Å². The third-order valence-electron chi connectivity index (χ3n) is 2.67. The summed E-state index contributed by atoms with van der Waals surface area (Å²) in [7, 11) is 0. The molecule has 0 aliphatic carbocycles. The molecule has 0 radical (unpaired) electrons. The van der Waals surface area contributed by atoms with Crippen molar-refractivity contribution in [3.63, 3.8) is 0 Å². The lowest BCUT2D eigenvalue weighted by Crippen LogP contribution is -2.39. The number of amides is 1. The number of rotatable bonds is 4. The van der Waals surface area contributed by atoms with E-state index >= 15 is 0 Å². The molecule has 1 N–H and O–H groups in total. The number of aromatic nitrogens is 2. The maximum absolute atomic E-state index is 11.7. The summed E-state index contributed by atoms with van der Waals surface area (Å²) < 4.78 is 0. The number of nitrogens with one attached hydrogen (secondary N) is 1. The van der Waals surface area contributed by atoms with Crippen molar-refractivity contribution in [2.45, 2.75) is 0 Å². The van der Waals surface area contributed by atoms with E-state index in [0.29, 0.717) is 12.2 Å². The lowest BCUT2D eigenvalue weighted by molar-refractivity contribution is 0.0943. The molecule has 18 heavy (non-hydrogen) atoms. The molecule has 1 saturated heterocycles. The fourth-order valence-electron chi connectivity index (χ4n) is 1.67. The quantitative estimate of drug-likeness (QED) is 0.892. The minimum absolute atomic E-state index is 0.203. The molecule has 1 aliphatic rings. The monoisotopic (exact) mass is 286 g/mol. The number of carbonyl (C=O) groups excluding carboxylic acids is 1. The number of hydrogen-bond donors (Lipinski definition) is 1. The van der Waals surface area contributed by atoms with Crippen LogP contribution in [0, 0.1) is 0 Å². The first kappa shape index (κ1) is 13.6. The van der Waals surface area contributed by atoms with Gasteiger partial charge >= 0.3 is 0 Å². The van der Waals surface area contributed by atoms with Crippen LogP contribution < -0.4 is 5.32 Å². The van der Waals surface area contributed by atoms with Crippen molar-refractivity contribution in [3.05, 3.63) is 23.2 Å². The van der Waals surface area contributed by atoms with Gasteiger partial charge in [-0.25, -0.2) is 9.97 Å². The summed E-state index contributed by atoms with van der Waals surface area (Å²) in [5.41, 5.74) is 0.300. The van der Waals surface area contributed by atoms with Crippen LogP contribution in [0.1, 0.15) is 10.5 Å². The van der Waals surface area contributed by atoms with E-state index in [2.05, 4.69) is 20.2 Å². The Bertz CT molecular complexity index is 395. The van der Waals surface area contributed by atoms with Crippen molar-refractivity contribution < 1.29 is 4.79 Å². The fraction of sp³-hybridized carbons (Fsp3) is 0.545. The SMILES string of the molecule is O=C(NCCN1CCSCC1)c1cnc(Cl)cn1.